The highest BCUT2D eigenvalue weighted by Gasteiger charge is 2.00. The highest BCUT2D eigenvalue weighted by molar-refractivity contribution is 7.87. The van der Waals surface area contributed by atoms with Crippen LogP contribution in [-0.2, 0) is 10.3 Å². The summed E-state index contributed by atoms with van der Waals surface area (Å²) in [5.41, 5.74) is 0.343. The van der Waals surface area contributed by atoms with Crippen molar-refractivity contribution in [3.05, 3.63) is 60.9 Å². The molecule has 1 aromatic heterocycles. The van der Waals surface area contributed by atoms with E-state index >= 15 is 0 Å². The van der Waals surface area contributed by atoms with Crippen LogP contribution in [-0.4, -0.2) is 18.0 Å². The van der Waals surface area contributed by atoms with Crippen LogP contribution in [0.1, 0.15) is 0 Å². The average Bonchev–Trinajstić information content (AvgIpc) is 2.31. The molecule has 0 saturated carbocycles. The first kappa shape index (κ1) is 13.1. The van der Waals surface area contributed by atoms with Crippen LogP contribution in [0, 0.1) is 0 Å². The topological polar surface area (TPSA) is 79.3 Å². The van der Waals surface area contributed by atoms with Gasteiger partial charge in [0, 0.05) is 12.4 Å². The smallest absolute Gasteiger partial charge is 0.269 e. The van der Waals surface area contributed by atoms with Gasteiger partial charge in [-0.2, -0.15) is 8.42 Å². The second-order valence-electron chi connectivity index (χ2n) is 2.97. The van der Waals surface area contributed by atoms with Crippen molar-refractivity contribution in [2.45, 2.75) is 0 Å². The van der Waals surface area contributed by atoms with Crippen molar-refractivity contribution >= 4 is 16.0 Å². The zero-order valence-electron chi connectivity index (χ0n) is 8.89. The minimum absolute atomic E-state index is 0.343. The van der Waals surface area contributed by atoms with Crippen LogP contribution in [0.5, 0.6) is 0 Å². The van der Waals surface area contributed by atoms with Gasteiger partial charge in [-0.1, -0.05) is 24.3 Å². The highest BCUT2D eigenvalue weighted by Crippen LogP contribution is 2.05. The van der Waals surface area contributed by atoms with Crippen molar-refractivity contribution in [1.29, 1.82) is 0 Å². The van der Waals surface area contributed by atoms with Gasteiger partial charge in [0.2, 0.25) is 0 Å². The Labute approximate surface area is 100 Å². The van der Waals surface area contributed by atoms with E-state index in [0.29, 0.717) is 5.69 Å². The van der Waals surface area contributed by atoms with Gasteiger partial charge in [0.05, 0.1) is 5.69 Å². The van der Waals surface area contributed by atoms with Gasteiger partial charge in [-0.15, -0.1) is 0 Å². The first-order valence-electron chi connectivity index (χ1n) is 4.73. The Morgan fingerprint density at radius 3 is 1.82 bits per heavy atom. The number of anilines is 1. The molecule has 0 atom stereocenters. The second-order valence-corrected chi connectivity index (χ2v) is 4.12. The Balaban J connectivity index is 0.000000202. The Kier molecular flexibility index (Phi) is 5.12. The van der Waals surface area contributed by atoms with E-state index < -0.39 is 10.3 Å². The number of hydrogen-bond acceptors (Lipinski definition) is 3. The van der Waals surface area contributed by atoms with E-state index in [0.717, 1.165) is 0 Å². The van der Waals surface area contributed by atoms with Crippen LogP contribution in [0.4, 0.5) is 5.69 Å². The van der Waals surface area contributed by atoms with E-state index in [1.165, 1.54) is 12.1 Å². The lowest BCUT2D eigenvalue weighted by atomic mass is 10.3. The minimum Gasteiger partial charge on any atom is -0.269 e. The number of pyridine rings is 1. The molecule has 5 nitrogen and oxygen atoms in total. The molecule has 6 heteroatoms. The molecule has 0 aliphatic rings. The third-order valence-electron chi connectivity index (χ3n) is 1.59. The molecule has 0 saturated heterocycles. The summed E-state index contributed by atoms with van der Waals surface area (Å²) in [6.45, 7) is 0. The molecule has 1 heterocycles. The fourth-order valence-electron chi connectivity index (χ4n) is 0.968. The summed E-state index contributed by atoms with van der Waals surface area (Å²) in [5.74, 6) is 0. The quantitative estimate of drug-likeness (QED) is 0.801. The number of nitrogens with one attached hydrogen (secondary N) is 1. The molecule has 1 aromatic carbocycles. The zero-order valence-corrected chi connectivity index (χ0v) is 9.71. The summed E-state index contributed by atoms with van der Waals surface area (Å²) >= 11 is 0. The van der Waals surface area contributed by atoms with Gasteiger partial charge in [-0.3, -0.25) is 14.3 Å². The van der Waals surface area contributed by atoms with Crippen LogP contribution in [0.15, 0.2) is 60.9 Å². The summed E-state index contributed by atoms with van der Waals surface area (Å²) in [7, 11) is -4.13. The predicted octanol–water partition coefficient (Wildman–Crippen LogP) is 1.98. The lowest BCUT2D eigenvalue weighted by Gasteiger charge is -1.99. The van der Waals surface area contributed by atoms with E-state index in [4.69, 9.17) is 4.55 Å². The van der Waals surface area contributed by atoms with Crippen molar-refractivity contribution < 1.29 is 13.0 Å². The Hall–Kier alpha value is -1.92. The van der Waals surface area contributed by atoms with Crippen molar-refractivity contribution in [3.63, 3.8) is 0 Å². The molecular weight excluding hydrogens is 240 g/mol. The van der Waals surface area contributed by atoms with Crippen LogP contribution in [0.2, 0.25) is 0 Å². The van der Waals surface area contributed by atoms with Gasteiger partial charge in [0.25, 0.3) is 0 Å². The lowest BCUT2D eigenvalue weighted by molar-refractivity contribution is 0.490. The number of nitrogens with zero attached hydrogens (tertiary/aromatic N) is 1. The number of benzene rings is 1. The molecule has 0 aliphatic carbocycles. The average molecular weight is 252 g/mol. The molecule has 0 bridgehead atoms. The van der Waals surface area contributed by atoms with Gasteiger partial charge < -0.3 is 0 Å². The fraction of sp³-hybridized carbons (Fsp3) is 0. The maximum Gasteiger partial charge on any atom is 0.357 e. The van der Waals surface area contributed by atoms with Crippen LogP contribution < -0.4 is 4.72 Å². The second kappa shape index (κ2) is 6.62. The third kappa shape index (κ3) is 7.04. The Morgan fingerprint density at radius 2 is 1.47 bits per heavy atom. The molecule has 90 valence electrons. The van der Waals surface area contributed by atoms with Crippen molar-refractivity contribution in [1.82, 2.24) is 4.98 Å². The summed E-state index contributed by atoms with van der Waals surface area (Å²) in [6.07, 6.45) is 3.50. The largest absolute Gasteiger partial charge is 0.357 e. The monoisotopic (exact) mass is 252 g/mol. The number of para-hydroxylation sites is 1. The predicted molar refractivity (Wildman–Crippen MR) is 65.9 cm³/mol. The number of aromatic nitrogens is 1. The van der Waals surface area contributed by atoms with Gasteiger partial charge in [-0.25, -0.2) is 0 Å². The van der Waals surface area contributed by atoms with Gasteiger partial charge in [0.15, 0.2) is 0 Å². The number of rotatable bonds is 2. The van der Waals surface area contributed by atoms with E-state index in [1.807, 2.05) is 22.9 Å². The molecule has 0 fully saturated rings. The molecule has 0 unspecified atom stereocenters. The molecule has 0 radical (unpaired) electrons. The normalized spacial score (nSPS) is 9.94. The van der Waals surface area contributed by atoms with Crippen molar-refractivity contribution in [2.24, 2.45) is 0 Å². The van der Waals surface area contributed by atoms with Crippen molar-refractivity contribution in [2.75, 3.05) is 4.72 Å². The van der Waals surface area contributed by atoms with Crippen LogP contribution >= 0.6 is 0 Å². The standard InChI is InChI=1S/C6H7NO3S.C5H5N/c8-11(9,10)7-6-4-2-1-3-5-6;1-2-4-6-5-3-1/h1-5,7H,(H,8,9,10);1-5H. The summed E-state index contributed by atoms with van der Waals surface area (Å²) in [6, 6.07) is 13.9. The molecule has 0 amide bonds. The fourth-order valence-corrected chi connectivity index (χ4v) is 1.40. The summed E-state index contributed by atoms with van der Waals surface area (Å²) < 4.78 is 30.7. The highest BCUT2D eigenvalue weighted by atomic mass is 32.2. The molecule has 2 N–H and O–H groups in total. The SMILES string of the molecule is O=S(=O)(O)Nc1ccccc1.c1ccncc1. The Morgan fingerprint density at radius 1 is 0.941 bits per heavy atom. The van der Waals surface area contributed by atoms with E-state index in [1.54, 1.807) is 30.6 Å². The first-order valence-corrected chi connectivity index (χ1v) is 6.17. The molecule has 17 heavy (non-hydrogen) atoms. The van der Waals surface area contributed by atoms with E-state index in [9.17, 15) is 8.42 Å². The summed E-state index contributed by atoms with van der Waals surface area (Å²) in [5, 5.41) is 0. The number of hydrogen-bond donors (Lipinski definition) is 2. The molecular formula is C11H12N2O3S. The maximum atomic E-state index is 10.2. The van der Waals surface area contributed by atoms with E-state index in [2.05, 4.69) is 4.98 Å². The van der Waals surface area contributed by atoms with Gasteiger partial charge >= 0.3 is 10.3 Å². The maximum absolute atomic E-state index is 10.2. The minimum atomic E-state index is -4.13. The summed E-state index contributed by atoms with van der Waals surface area (Å²) in [4.78, 5) is 3.78. The lowest BCUT2D eigenvalue weighted by Crippen LogP contribution is -2.09. The molecule has 2 aromatic rings. The zero-order chi connectivity index (χ0) is 12.6. The van der Waals surface area contributed by atoms with Crippen LogP contribution in [0.3, 0.4) is 0 Å². The molecule has 2 rings (SSSR count). The van der Waals surface area contributed by atoms with Gasteiger partial charge in [0.1, 0.15) is 0 Å². The Bertz CT molecular complexity index is 488. The van der Waals surface area contributed by atoms with Crippen molar-refractivity contribution in [3.8, 4) is 0 Å². The third-order valence-corrected chi connectivity index (χ3v) is 2.08. The van der Waals surface area contributed by atoms with Gasteiger partial charge in [-0.05, 0) is 24.3 Å². The molecule has 0 aliphatic heterocycles. The first-order chi connectivity index (χ1) is 8.08. The van der Waals surface area contributed by atoms with Crippen LogP contribution in [0.25, 0.3) is 0 Å². The van der Waals surface area contributed by atoms with E-state index in [-0.39, 0.29) is 0 Å². The molecule has 0 spiro atoms.